The number of benzene rings is 1. The van der Waals surface area contributed by atoms with Crippen LogP contribution in [0.2, 0.25) is 0 Å². The highest BCUT2D eigenvalue weighted by Crippen LogP contribution is 2.23. The van der Waals surface area contributed by atoms with Gasteiger partial charge in [-0.2, -0.15) is 0 Å². The summed E-state index contributed by atoms with van der Waals surface area (Å²) in [5.41, 5.74) is 9.85. The van der Waals surface area contributed by atoms with Gasteiger partial charge in [-0.05, 0) is 30.7 Å². The zero-order chi connectivity index (χ0) is 10.8. The molecule has 0 fully saturated rings. The van der Waals surface area contributed by atoms with E-state index in [-0.39, 0.29) is 0 Å². The van der Waals surface area contributed by atoms with Gasteiger partial charge in [-0.15, -0.1) is 0 Å². The SMILES string of the molecule is CCc1cc(N)c2cc(NC)ccc2n1. The molecule has 0 saturated heterocycles. The van der Waals surface area contributed by atoms with E-state index in [9.17, 15) is 0 Å². The molecule has 2 rings (SSSR count). The van der Waals surface area contributed by atoms with Crippen molar-refractivity contribution in [1.82, 2.24) is 4.98 Å². The zero-order valence-corrected chi connectivity index (χ0v) is 9.04. The van der Waals surface area contributed by atoms with Crippen LogP contribution in [0.15, 0.2) is 24.3 Å². The monoisotopic (exact) mass is 201 g/mol. The Morgan fingerprint density at radius 1 is 1.33 bits per heavy atom. The van der Waals surface area contributed by atoms with Crippen molar-refractivity contribution >= 4 is 22.3 Å². The van der Waals surface area contributed by atoms with Crippen LogP contribution in [0, 0.1) is 0 Å². The summed E-state index contributed by atoms with van der Waals surface area (Å²) < 4.78 is 0. The predicted octanol–water partition coefficient (Wildman–Crippen LogP) is 2.42. The topological polar surface area (TPSA) is 50.9 Å². The van der Waals surface area contributed by atoms with Gasteiger partial charge in [0.05, 0.1) is 5.52 Å². The van der Waals surface area contributed by atoms with Crippen molar-refractivity contribution < 1.29 is 0 Å². The molecular weight excluding hydrogens is 186 g/mol. The van der Waals surface area contributed by atoms with Gasteiger partial charge in [0.1, 0.15) is 0 Å². The third-order valence-corrected chi connectivity index (χ3v) is 2.54. The van der Waals surface area contributed by atoms with Gasteiger partial charge in [-0.25, -0.2) is 0 Å². The number of pyridine rings is 1. The van der Waals surface area contributed by atoms with Gasteiger partial charge >= 0.3 is 0 Å². The van der Waals surface area contributed by atoms with Gasteiger partial charge < -0.3 is 11.1 Å². The van der Waals surface area contributed by atoms with Crippen molar-refractivity contribution in [3.8, 4) is 0 Å². The Bertz CT molecular complexity index is 491. The Balaban J connectivity index is 2.68. The highest BCUT2D eigenvalue weighted by molar-refractivity contribution is 5.92. The molecule has 3 heteroatoms. The Morgan fingerprint density at radius 2 is 2.13 bits per heavy atom. The van der Waals surface area contributed by atoms with Crippen molar-refractivity contribution in [3.05, 3.63) is 30.0 Å². The van der Waals surface area contributed by atoms with E-state index >= 15 is 0 Å². The van der Waals surface area contributed by atoms with E-state index in [1.165, 1.54) is 0 Å². The lowest BCUT2D eigenvalue weighted by atomic mass is 10.1. The van der Waals surface area contributed by atoms with Gasteiger partial charge in [0.15, 0.2) is 0 Å². The minimum atomic E-state index is 0.800. The van der Waals surface area contributed by atoms with Crippen LogP contribution in [-0.2, 0) is 6.42 Å². The van der Waals surface area contributed by atoms with Crippen LogP contribution in [0.4, 0.5) is 11.4 Å². The second-order valence-electron chi connectivity index (χ2n) is 3.54. The molecule has 78 valence electrons. The summed E-state index contributed by atoms with van der Waals surface area (Å²) in [7, 11) is 1.89. The standard InChI is InChI=1S/C12H15N3/c1-3-8-7-11(13)10-6-9(14-2)4-5-12(10)15-8/h4-7,14H,3H2,1-2H3,(H2,13,15). The first-order valence-electron chi connectivity index (χ1n) is 5.11. The summed E-state index contributed by atoms with van der Waals surface area (Å²) in [6.45, 7) is 2.08. The lowest BCUT2D eigenvalue weighted by Crippen LogP contribution is -1.96. The minimum Gasteiger partial charge on any atom is -0.398 e. The van der Waals surface area contributed by atoms with Gasteiger partial charge in [0.2, 0.25) is 0 Å². The maximum atomic E-state index is 5.99. The van der Waals surface area contributed by atoms with Crippen LogP contribution >= 0.6 is 0 Å². The molecule has 1 aromatic carbocycles. The van der Waals surface area contributed by atoms with Crippen molar-refractivity contribution in [2.24, 2.45) is 0 Å². The third-order valence-electron chi connectivity index (χ3n) is 2.54. The summed E-state index contributed by atoms with van der Waals surface area (Å²) in [4.78, 5) is 4.52. The summed E-state index contributed by atoms with van der Waals surface area (Å²) in [6.07, 6.45) is 0.911. The summed E-state index contributed by atoms with van der Waals surface area (Å²) in [5, 5.41) is 4.10. The molecule has 1 heterocycles. The average molecular weight is 201 g/mol. The Hall–Kier alpha value is -1.77. The van der Waals surface area contributed by atoms with Gasteiger partial charge in [0.25, 0.3) is 0 Å². The summed E-state index contributed by atoms with van der Waals surface area (Å²) >= 11 is 0. The Kier molecular flexibility index (Phi) is 2.46. The van der Waals surface area contributed by atoms with E-state index in [0.717, 1.165) is 34.4 Å². The fourth-order valence-electron chi connectivity index (χ4n) is 1.65. The van der Waals surface area contributed by atoms with Crippen LogP contribution in [0.3, 0.4) is 0 Å². The molecule has 0 atom stereocenters. The van der Waals surface area contributed by atoms with E-state index in [0.29, 0.717) is 0 Å². The molecule has 1 aromatic heterocycles. The molecule has 0 bridgehead atoms. The second kappa shape index (κ2) is 3.77. The van der Waals surface area contributed by atoms with Crippen LogP contribution < -0.4 is 11.1 Å². The number of aryl methyl sites for hydroxylation is 1. The molecule has 0 spiro atoms. The first kappa shape index (κ1) is 9.77. The average Bonchev–Trinajstić information content (AvgIpc) is 2.28. The highest BCUT2D eigenvalue weighted by Gasteiger charge is 2.02. The molecule has 0 amide bonds. The first-order valence-corrected chi connectivity index (χ1v) is 5.11. The molecule has 0 aliphatic rings. The first-order chi connectivity index (χ1) is 7.24. The van der Waals surface area contributed by atoms with Crippen molar-refractivity contribution in [3.63, 3.8) is 0 Å². The molecule has 0 aliphatic heterocycles. The number of aromatic nitrogens is 1. The normalized spacial score (nSPS) is 10.5. The number of nitrogens with two attached hydrogens (primary N) is 1. The van der Waals surface area contributed by atoms with Crippen LogP contribution in [-0.4, -0.2) is 12.0 Å². The molecule has 0 radical (unpaired) electrons. The Morgan fingerprint density at radius 3 is 2.80 bits per heavy atom. The number of rotatable bonds is 2. The number of nitrogens with zero attached hydrogens (tertiary/aromatic N) is 1. The minimum absolute atomic E-state index is 0.800. The number of nitrogens with one attached hydrogen (secondary N) is 1. The predicted molar refractivity (Wildman–Crippen MR) is 65.1 cm³/mol. The number of nitrogen functional groups attached to an aromatic ring is 1. The van der Waals surface area contributed by atoms with Crippen LogP contribution in [0.25, 0.3) is 10.9 Å². The second-order valence-corrected chi connectivity index (χ2v) is 3.54. The molecule has 3 N–H and O–H groups in total. The number of hydrogen-bond acceptors (Lipinski definition) is 3. The van der Waals surface area contributed by atoms with Gasteiger partial charge in [-0.3, -0.25) is 4.98 Å². The smallest absolute Gasteiger partial charge is 0.0727 e. The lowest BCUT2D eigenvalue weighted by Gasteiger charge is -2.07. The molecule has 0 aliphatic carbocycles. The van der Waals surface area contributed by atoms with Crippen LogP contribution in [0.1, 0.15) is 12.6 Å². The van der Waals surface area contributed by atoms with Crippen molar-refractivity contribution in [2.45, 2.75) is 13.3 Å². The molecule has 0 saturated carbocycles. The molecule has 15 heavy (non-hydrogen) atoms. The van der Waals surface area contributed by atoms with Crippen molar-refractivity contribution in [1.29, 1.82) is 0 Å². The maximum absolute atomic E-state index is 5.99. The van der Waals surface area contributed by atoms with Gasteiger partial charge in [0, 0.05) is 29.5 Å². The number of anilines is 2. The van der Waals surface area contributed by atoms with E-state index < -0.39 is 0 Å². The van der Waals surface area contributed by atoms with Crippen molar-refractivity contribution in [2.75, 3.05) is 18.1 Å². The molecular formula is C12H15N3. The summed E-state index contributed by atoms with van der Waals surface area (Å²) in [6, 6.07) is 7.98. The lowest BCUT2D eigenvalue weighted by molar-refractivity contribution is 1.06. The zero-order valence-electron chi connectivity index (χ0n) is 9.04. The van der Waals surface area contributed by atoms with E-state index in [2.05, 4.69) is 17.2 Å². The van der Waals surface area contributed by atoms with Crippen LogP contribution in [0.5, 0.6) is 0 Å². The molecule has 2 aromatic rings. The molecule has 3 nitrogen and oxygen atoms in total. The Labute approximate surface area is 89.3 Å². The number of hydrogen-bond donors (Lipinski definition) is 2. The fourth-order valence-corrected chi connectivity index (χ4v) is 1.65. The fraction of sp³-hybridized carbons (Fsp3) is 0.250. The molecule has 0 unspecified atom stereocenters. The van der Waals surface area contributed by atoms with E-state index in [4.69, 9.17) is 5.73 Å². The maximum Gasteiger partial charge on any atom is 0.0727 e. The van der Waals surface area contributed by atoms with Gasteiger partial charge in [-0.1, -0.05) is 6.92 Å². The largest absolute Gasteiger partial charge is 0.398 e. The summed E-state index contributed by atoms with van der Waals surface area (Å²) in [5.74, 6) is 0. The quantitative estimate of drug-likeness (QED) is 0.784. The third kappa shape index (κ3) is 1.73. The van der Waals surface area contributed by atoms with E-state index in [1.807, 2.05) is 31.3 Å². The highest BCUT2D eigenvalue weighted by atomic mass is 14.8. The number of fused-ring (bicyclic) bond motifs is 1. The van der Waals surface area contributed by atoms with E-state index in [1.54, 1.807) is 0 Å².